The van der Waals surface area contributed by atoms with Crippen molar-refractivity contribution in [1.82, 2.24) is 24.4 Å². The summed E-state index contributed by atoms with van der Waals surface area (Å²) in [5.74, 6) is -1.39. The predicted octanol–water partition coefficient (Wildman–Crippen LogP) is 4.21. The maximum absolute atomic E-state index is 16.6. The second-order valence-corrected chi connectivity index (χ2v) is 19.0. The number of nitrogen functional groups attached to an aromatic ring is 1. The number of rotatable bonds is 8. The van der Waals surface area contributed by atoms with Crippen molar-refractivity contribution < 1.29 is 74.2 Å². The van der Waals surface area contributed by atoms with Gasteiger partial charge in [0, 0.05) is 12.0 Å². The van der Waals surface area contributed by atoms with Gasteiger partial charge in [-0.25, -0.2) is 37.7 Å². The van der Waals surface area contributed by atoms with Crippen LogP contribution in [-0.4, -0.2) is 110 Å². The Balaban J connectivity index is 1.08. The number of alkyl halides is 2. The predicted molar refractivity (Wildman–Crippen MR) is 202 cm³/mol. The van der Waals surface area contributed by atoms with E-state index >= 15 is 8.78 Å². The van der Waals surface area contributed by atoms with Crippen LogP contribution in [0.25, 0.3) is 11.2 Å². The number of amides is 1. The Morgan fingerprint density at radius 1 is 0.933 bits per heavy atom. The molecule has 3 saturated heterocycles. The van der Waals surface area contributed by atoms with Crippen LogP contribution in [0, 0.1) is 0 Å². The number of esters is 1. The first-order chi connectivity index (χ1) is 28.7. The van der Waals surface area contributed by atoms with E-state index in [2.05, 4.69) is 15.0 Å². The quantitative estimate of drug-likeness (QED) is 0.109. The smallest absolute Gasteiger partial charge is 0.472 e. The number of ether oxygens (including phenoxy) is 4. The molecule has 2 aromatic carbocycles. The van der Waals surface area contributed by atoms with E-state index in [0.29, 0.717) is 22.7 Å². The van der Waals surface area contributed by atoms with Crippen LogP contribution in [0.3, 0.4) is 0 Å². The first kappa shape index (κ1) is 42.0. The van der Waals surface area contributed by atoms with Gasteiger partial charge < -0.3 is 29.6 Å². The van der Waals surface area contributed by atoms with Gasteiger partial charge >= 0.3 is 20.6 Å². The number of hydrogen-bond donors (Lipinski definition) is 2. The largest absolute Gasteiger partial charge is 0.497 e. The van der Waals surface area contributed by atoms with Crippen molar-refractivity contribution in [2.24, 2.45) is 0 Å². The van der Waals surface area contributed by atoms with Gasteiger partial charge in [-0.1, -0.05) is 12.1 Å². The number of methoxy groups -OCH3 is 1. The lowest BCUT2D eigenvalue weighted by Gasteiger charge is -2.31. The molecule has 3 fully saturated rings. The lowest BCUT2D eigenvalue weighted by Crippen LogP contribution is -2.46. The number of phosphoric ester groups is 1. The summed E-state index contributed by atoms with van der Waals surface area (Å²) in [6, 6.07) is 12.4. The van der Waals surface area contributed by atoms with Crippen molar-refractivity contribution in [2.75, 3.05) is 26.1 Å². The first-order valence-electron chi connectivity index (χ1n) is 17.9. The lowest BCUT2D eigenvalue weighted by molar-refractivity contribution is -0.148. The molecule has 3 N–H and O–H groups in total. The van der Waals surface area contributed by atoms with Crippen molar-refractivity contribution in [2.45, 2.75) is 61.4 Å². The standard InChI is InChI=1S/C35H34F2N6O14P2S/c1-50-21-8-4-19(5-9-21)35(46)53-22-6-2-18(3-7-22)15-60-59(49)52-14-24-26(36)29(33(54-24)42-11-10-20(44)12-25(42)45)56-58(47,48)51-13-23-27(37)30(57-59)34(55-23)43-17-41-28-31(38)39-16-40-32(28)43/h2-11,16-17,23-24,26-27,29-30,33-34H,12-15H2,1H3,(H,47,48)(H2,38,39,40)/t23-,24-,26-,27-,29-,30-,33-,34-,59?/m1/s1. The molecule has 8 rings (SSSR count). The fourth-order valence-electron chi connectivity index (χ4n) is 6.62. The number of allylic oxidation sites excluding steroid dienone is 1. The topological polar surface area (TPSA) is 252 Å². The van der Waals surface area contributed by atoms with Crippen molar-refractivity contribution in [1.29, 1.82) is 0 Å². The van der Waals surface area contributed by atoms with Crippen molar-refractivity contribution >= 4 is 60.6 Å². The van der Waals surface area contributed by atoms with Gasteiger partial charge in [0.1, 0.15) is 47.8 Å². The van der Waals surface area contributed by atoms with E-state index in [1.54, 1.807) is 24.3 Å². The number of ketones is 1. The van der Waals surface area contributed by atoms with Crippen LogP contribution in [0.15, 0.2) is 73.5 Å². The number of hydrogen-bond acceptors (Lipinski definition) is 18. The third kappa shape index (κ3) is 8.73. The molecule has 4 aliphatic rings. The molecule has 4 bridgehead atoms. The van der Waals surface area contributed by atoms with E-state index in [1.807, 2.05) is 0 Å². The van der Waals surface area contributed by atoms with Crippen LogP contribution in [0.5, 0.6) is 11.5 Å². The molecule has 20 nitrogen and oxygen atoms in total. The summed E-state index contributed by atoms with van der Waals surface area (Å²) >= 11 is 0.595. The molecule has 4 aromatic rings. The molecule has 4 aliphatic heterocycles. The van der Waals surface area contributed by atoms with Gasteiger partial charge in [0.05, 0.1) is 38.6 Å². The molecule has 6 heterocycles. The minimum atomic E-state index is -5.28. The molecule has 60 heavy (non-hydrogen) atoms. The van der Waals surface area contributed by atoms with Crippen LogP contribution < -0.4 is 15.2 Å². The van der Waals surface area contributed by atoms with Gasteiger partial charge in [-0.2, -0.15) is 0 Å². The lowest BCUT2D eigenvalue weighted by atomic mass is 10.1. The summed E-state index contributed by atoms with van der Waals surface area (Å²) < 4.78 is 107. The number of halogens is 2. The number of nitrogens with zero attached hydrogens (tertiary/aromatic N) is 5. The van der Waals surface area contributed by atoms with Crippen molar-refractivity contribution in [3.8, 4) is 11.5 Å². The van der Waals surface area contributed by atoms with E-state index < -0.39 is 101 Å². The number of anilines is 1. The summed E-state index contributed by atoms with van der Waals surface area (Å²) in [6.07, 6.45) is -11.3. The summed E-state index contributed by atoms with van der Waals surface area (Å²) in [5, 5.41) is 0. The van der Waals surface area contributed by atoms with Gasteiger partial charge in [-0.3, -0.25) is 37.2 Å². The molecule has 2 aromatic heterocycles. The van der Waals surface area contributed by atoms with Crippen LogP contribution in [0.1, 0.15) is 28.6 Å². The molecule has 2 unspecified atom stereocenters. The summed E-state index contributed by atoms with van der Waals surface area (Å²) in [7, 11) is -3.78. The molecule has 25 heteroatoms. The third-order valence-corrected chi connectivity index (χ3v) is 14.3. The van der Waals surface area contributed by atoms with Crippen molar-refractivity contribution in [3.63, 3.8) is 0 Å². The number of phosphoric acid groups is 1. The Morgan fingerprint density at radius 2 is 1.60 bits per heavy atom. The Bertz CT molecular complexity index is 2410. The van der Waals surface area contributed by atoms with Gasteiger partial charge in [0.2, 0.25) is 5.91 Å². The zero-order valence-corrected chi connectivity index (χ0v) is 33.6. The average Bonchev–Trinajstić information content (AvgIpc) is 3.89. The highest BCUT2D eigenvalue weighted by molar-refractivity contribution is 8.54. The number of imidazole rings is 1. The molecular weight excluding hydrogens is 860 g/mol. The zero-order valence-electron chi connectivity index (χ0n) is 31.0. The normalized spacial score (nSPS) is 32.2. The van der Waals surface area contributed by atoms with E-state index in [1.165, 1.54) is 42.3 Å². The highest BCUT2D eigenvalue weighted by Crippen LogP contribution is 2.65. The zero-order chi connectivity index (χ0) is 42.3. The van der Waals surface area contributed by atoms with Crippen molar-refractivity contribution in [3.05, 3.63) is 84.6 Å². The van der Waals surface area contributed by atoms with Crippen LogP contribution in [0.2, 0.25) is 0 Å². The third-order valence-electron chi connectivity index (χ3n) is 9.65. The number of carbonyl (C=O) groups excluding carboxylic acids is 3. The first-order valence-corrected chi connectivity index (χ1v) is 22.6. The number of fused-ring (bicyclic) bond motifs is 5. The van der Waals surface area contributed by atoms with E-state index in [4.69, 9.17) is 42.8 Å². The second-order valence-electron chi connectivity index (χ2n) is 13.5. The maximum Gasteiger partial charge on any atom is 0.472 e. The minimum Gasteiger partial charge on any atom is -0.497 e. The molecule has 318 valence electrons. The SMILES string of the molecule is COc1ccc(C(=O)Oc2ccc(CSP3(=O)OC[C@H]4O[C@@H](N5C=CC(=O)CC5=O)[C@H](OP(=O)(O)OC[C@H]5O[C@@H](n6cnc7c(N)ncnc76)[C@H](O3)[C@@H]5F)[C@@H]4F)cc2)cc1. The number of carbonyl (C=O) groups is 3. The number of aromatic nitrogens is 4. The van der Waals surface area contributed by atoms with Gasteiger partial charge in [0.15, 0.2) is 42.0 Å². The van der Waals surface area contributed by atoms with E-state index in [0.717, 1.165) is 23.5 Å². The monoisotopic (exact) mass is 894 g/mol. The summed E-state index contributed by atoms with van der Waals surface area (Å²) in [4.78, 5) is 61.2. The Kier molecular flexibility index (Phi) is 11.9. The molecular formula is C35H34F2N6O14P2S. The Morgan fingerprint density at radius 3 is 2.30 bits per heavy atom. The second kappa shape index (κ2) is 17.0. The number of benzene rings is 2. The maximum atomic E-state index is 16.6. The van der Waals surface area contributed by atoms with Gasteiger partial charge in [0.25, 0.3) is 0 Å². The number of nitrogens with two attached hydrogens (primary N) is 1. The molecule has 0 radical (unpaired) electrons. The fourth-order valence-corrected chi connectivity index (χ4v) is 10.9. The van der Waals surface area contributed by atoms with E-state index in [-0.39, 0.29) is 34.0 Å². The van der Waals surface area contributed by atoms with Crippen LogP contribution >= 0.6 is 26.0 Å². The van der Waals surface area contributed by atoms with Crippen LogP contribution in [-0.2, 0) is 52.0 Å². The highest BCUT2D eigenvalue weighted by atomic mass is 32.7. The summed E-state index contributed by atoms with van der Waals surface area (Å²) in [5.41, 5.74) is 6.93. The fraction of sp³-hybridized carbons (Fsp3) is 0.371. The Labute approximate surface area is 342 Å². The van der Waals surface area contributed by atoms with Gasteiger partial charge in [-0.15, -0.1) is 0 Å². The van der Waals surface area contributed by atoms with Gasteiger partial charge in [-0.05, 0) is 59.4 Å². The molecule has 0 saturated carbocycles. The summed E-state index contributed by atoms with van der Waals surface area (Å²) in [6.45, 7) is -6.50. The average molecular weight is 895 g/mol. The highest BCUT2D eigenvalue weighted by Gasteiger charge is 2.56. The van der Waals surface area contributed by atoms with Crippen LogP contribution in [0.4, 0.5) is 14.6 Å². The molecule has 1 amide bonds. The minimum absolute atomic E-state index is 0.0174. The Hall–Kier alpha value is -4.67. The molecule has 0 spiro atoms. The molecule has 0 aliphatic carbocycles. The molecule has 10 atom stereocenters. The van der Waals surface area contributed by atoms with E-state index in [9.17, 15) is 28.4 Å².